The number of aliphatic hydroxyl groups is 10. The number of hydrogen-bond acceptors (Lipinski definition) is 23. The minimum Gasteiger partial charge on any atom is -0.463 e. The van der Waals surface area contributed by atoms with Crippen molar-refractivity contribution < 1.29 is 117 Å². The van der Waals surface area contributed by atoms with E-state index in [1.165, 1.54) is 141 Å². The molecule has 97 heavy (non-hydrogen) atoms. The summed E-state index contributed by atoms with van der Waals surface area (Å²) in [5, 5.41) is 110. The molecule has 1 aliphatic carbocycles. The summed E-state index contributed by atoms with van der Waals surface area (Å²) >= 11 is 0. The standard InChI is InChI=1S/C72H133O24P/c1-4-7-10-13-16-19-22-25-27-30-33-36-39-42-45-48-58(76)91-53(50-88-56(74)46-43-40-37-34-31-28-24-21-18-15-12-9-6-3)51-90-97(86,87)96-70-68(94-71-66(84)61(79)59(77)54(49-73)92-71)64(82)63(81)65(83)69(70)95-72-67(85)62(80)60(78)55(93-72)52-89-57(75)47-44-41-38-35-32-29-26-23-20-17-14-11-8-5-2/h29,32,53-55,59-73,77-85H,4-28,30-31,33-52H2,1-3H3,(H,86,87)/b32-29-. The molecule has 0 aromatic heterocycles. The molecule has 0 bridgehead atoms. The molecular weight excluding hydrogens is 1280 g/mol. The fourth-order valence-corrected chi connectivity index (χ4v) is 13.5. The minimum absolute atomic E-state index is 0.00964. The number of ether oxygens (including phenoxy) is 7. The van der Waals surface area contributed by atoms with Gasteiger partial charge < -0.3 is 89.1 Å². The van der Waals surface area contributed by atoms with Crippen LogP contribution in [0.1, 0.15) is 297 Å². The number of allylic oxidation sites excluding steroid dienone is 2. The van der Waals surface area contributed by atoms with E-state index in [4.69, 9.17) is 42.2 Å². The molecule has 18 atom stereocenters. The number of unbranched alkanes of at least 4 members (excludes halogenated alkanes) is 36. The Bertz CT molecular complexity index is 2060. The van der Waals surface area contributed by atoms with Crippen LogP contribution in [-0.2, 0) is 61.2 Å². The zero-order valence-corrected chi connectivity index (χ0v) is 60.3. The number of aliphatic hydroxyl groups excluding tert-OH is 10. The number of phosphoric acid groups is 1. The smallest absolute Gasteiger partial charge is 0.463 e. The molecule has 3 aliphatic rings. The first-order chi connectivity index (χ1) is 46.8. The van der Waals surface area contributed by atoms with Gasteiger partial charge in [-0.25, -0.2) is 4.57 Å². The Kier molecular flexibility index (Phi) is 49.8. The topological polar surface area (TPSA) is 374 Å². The predicted molar refractivity (Wildman–Crippen MR) is 365 cm³/mol. The number of rotatable bonds is 59. The van der Waals surface area contributed by atoms with Gasteiger partial charge in [0.15, 0.2) is 18.7 Å². The average molecular weight is 1410 g/mol. The van der Waals surface area contributed by atoms with E-state index in [1.54, 1.807) is 0 Å². The Morgan fingerprint density at radius 3 is 1.12 bits per heavy atom. The largest absolute Gasteiger partial charge is 0.472 e. The lowest BCUT2D eigenvalue weighted by Gasteiger charge is -2.49. The molecule has 0 radical (unpaired) electrons. The highest BCUT2D eigenvalue weighted by Crippen LogP contribution is 2.49. The van der Waals surface area contributed by atoms with Crippen molar-refractivity contribution in [2.75, 3.05) is 26.4 Å². The van der Waals surface area contributed by atoms with Crippen LogP contribution in [0, 0.1) is 0 Å². The molecule has 2 aliphatic heterocycles. The zero-order chi connectivity index (χ0) is 71.1. The Balaban J connectivity index is 1.74. The molecule has 1 saturated carbocycles. The van der Waals surface area contributed by atoms with E-state index in [0.29, 0.717) is 19.3 Å². The summed E-state index contributed by atoms with van der Waals surface area (Å²) < 4.78 is 65.0. The van der Waals surface area contributed by atoms with Crippen molar-refractivity contribution in [3.8, 4) is 0 Å². The van der Waals surface area contributed by atoms with Crippen LogP contribution in [0.25, 0.3) is 0 Å². The zero-order valence-electron chi connectivity index (χ0n) is 59.4. The first kappa shape index (κ1) is 88.9. The van der Waals surface area contributed by atoms with Gasteiger partial charge in [-0.3, -0.25) is 23.4 Å². The second kappa shape index (κ2) is 54.4. The SMILES string of the molecule is CCCCCCCCC/C=C\CCCCCC(=O)OCC1OC(OC2C(O)C(O)C(O)C(OC3OC(CO)C(O)C(O)C3O)C2OP(=O)(O)OCC(COC(=O)CCCCCCCCCCCCCCC)OC(=O)CCCCCCCCCCCCCCCCC)C(O)C(O)C1O. The third kappa shape index (κ3) is 37.6. The highest BCUT2D eigenvalue weighted by atomic mass is 31.2. The summed E-state index contributed by atoms with van der Waals surface area (Å²) in [4.78, 5) is 51.0. The van der Waals surface area contributed by atoms with Crippen molar-refractivity contribution >= 4 is 25.7 Å². The summed E-state index contributed by atoms with van der Waals surface area (Å²) in [5.74, 6) is -1.99. The third-order valence-corrected chi connectivity index (χ3v) is 19.8. The molecule has 2 heterocycles. The lowest BCUT2D eigenvalue weighted by molar-refractivity contribution is -0.360. The molecule has 0 spiro atoms. The van der Waals surface area contributed by atoms with Crippen molar-refractivity contribution in [1.29, 1.82) is 0 Å². The maximum atomic E-state index is 14.3. The maximum absolute atomic E-state index is 14.3. The van der Waals surface area contributed by atoms with Crippen LogP contribution in [0.5, 0.6) is 0 Å². The fourth-order valence-electron chi connectivity index (χ4n) is 12.6. The molecule has 0 aromatic rings. The Hall–Kier alpha value is -2.30. The van der Waals surface area contributed by atoms with E-state index in [2.05, 4.69) is 32.9 Å². The monoisotopic (exact) mass is 1410 g/mol. The Labute approximate surface area is 580 Å². The fraction of sp³-hybridized carbons (Fsp3) is 0.931. The normalized spacial score (nSPS) is 27.8. The average Bonchev–Trinajstić information content (AvgIpc) is 0.768. The van der Waals surface area contributed by atoms with Crippen molar-refractivity contribution in [2.45, 2.75) is 401 Å². The van der Waals surface area contributed by atoms with Gasteiger partial charge in [0.2, 0.25) is 0 Å². The van der Waals surface area contributed by atoms with E-state index < -0.39 is 156 Å². The first-order valence-corrected chi connectivity index (χ1v) is 39.5. The molecule has 18 unspecified atom stereocenters. The number of carbonyl (C=O) groups excluding carboxylic acids is 3. The van der Waals surface area contributed by atoms with Gasteiger partial charge in [0, 0.05) is 19.3 Å². The van der Waals surface area contributed by atoms with Gasteiger partial charge in [-0.1, -0.05) is 245 Å². The van der Waals surface area contributed by atoms with E-state index >= 15 is 0 Å². The van der Waals surface area contributed by atoms with Crippen LogP contribution in [0.2, 0.25) is 0 Å². The molecule has 2 saturated heterocycles. The van der Waals surface area contributed by atoms with Crippen molar-refractivity contribution in [2.24, 2.45) is 0 Å². The van der Waals surface area contributed by atoms with Gasteiger partial charge in [0.05, 0.1) is 13.2 Å². The number of phosphoric ester groups is 1. The summed E-state index contributed by atoms with van der Waals surface area (Å²) in [5.41, 5.74) is 0. The molecule has 3 fully saturated rings. The van der Waals surface area contributed by atoms with E-state index in [0.717, 1.165) is 96.3 Å². The van der Waals surface area contributed by atoms with Crippen LogP contribution < -0.4 is 0 Å². The molecule has 25 heteroatoms. The van der Waals surface area contributed by atoms with Crippen molar-refractivity contribution in [3.05, 3.63) is 12.2 Å². The first-order valence-electron chi connectivity index (χ1n) is 38.0. The summed E-state index contributed by atoms with van der Waals surface area (Å²) in [7, 11) is -5.69. The second-order valence-corrected chi connectivity index (χ2v) is 28.8. The van der Waals surface area contributed by atoms with Gasteiger partial charge in [0.1, 0.15) is 98.7 Å². The number of carbonyl (C=O) groups is 3. The van der Waals surface area contributed by atoms with Crippen LogP contribution in [0.15, 0.2) is 12.2 Å². The van der Waals surface area contributed by atoms with Gasteiger partial charge in [-0.05, 0) is 44.9 Å². The van der Waals surface area contributed by atoms with Gasteiger partial charge in [-0.15, -0.1) is 0 Å². The van der Waals surface area contributed by atoms with Crippen LogP contribution in [0.3, 0.4) is 0 Å². The molecule has 11 N–H and O–H groups in total. The molecule has 570 valence electrons. The van der Waals surface area contributed by atoms with E-state index in [1.807, 2.05) is 0 Å². The third-order valence-electron chi connectivity index (χ3n) is 18.8. The van der Waals surface area contributed by atoms with Gasteiger partial charge >= 0.3 is 25.7 Å². The summed E-state index contributed by atoms with van der Waals surface area (Å²) in [6, 6.07) is 0. The quantitative estimate of drug-likeness (QED) is 0.00886. The Morgan fingerprint density at radius 1 is 0.392 bits per heavy atom. The van der Waals surface area contributed by atoms with Crippen LogP contribution in [0.4, 0.5) is 0 Å². The highest BCUT2D eigenvalue weighted by Gasteiger charge is 2.58. The van der Waals surface area contributed by atoms with Crippen molar-refractivity contribution in [3.63, 3.8) is 0 Å². The lowest BCUT2D eigenvalue weighted by atomic mass is 9.84. The summed E-state index contributed by atoms with van der Waals surface area (Å²) in [6.45, 7) is 3.45. The van der Waals surface area contributed by atoms with E-state index in [9.17, 15) is 74.9 Å². The Morgan fingerprint density at radius 2 is 0.722 bits per heavy atom. The molecule has 24 nitrogen and oxygen atoms in total. The second-order valence-electron chi connectivity index (χ2n) is 27.4. The van der Waals surface area contributed by atoms with Crippen LogP contribution >= 0.6 is 7.82 Å². The van der Waals surface area contributed by atoms with Crippen molar-refractivity contribution in [1.82, 2.24) is 0 Å². The minimum atomic E-state index is -5.69. The lowest BCUT2D eigenvalue weighted by Crippen LogP contribution is -2.69. The maximum Gasteiger partial charge on any atom is 0.472 e. The number of hydrogen-bond donors (Lipinski definition) is 11. The highest BCUT2D eigenvalue weighted by molar-refractivity contribution is 7.47. The summed E-state index contributed by atoms with van der Waals surface area (Å²) in [6.07, 6.45) is 12.8. The predicted octanol–water partition coefficient (Wildman–Crippen LogP) is 10.4. The molecule has 0 aromatic carbocycles. The van der Waals surface area contributed by atoms with Gasteiger partial charge in [-0.2, -0.15) is 0 Å². The molecule has 0 amide bonds. The van der Waals surface area contributed by atoms with Gasteiger partial charge in [0.25, 0.3) is 0 Å². The van der Waals surface area contributed by atoms with Crippen LogP contribution in [-0.4, -0.2) is 204 Å². The molecule has 3 rings (SSSR count). The van der Waals surface area contributed by atoms with E-state index in [-0.39, 0.29) is 19.3 Å². The number of esters is 3. The molecular formula is C72H133O24P.